The third-order valence-corrected chi connectivity index (χ3v) is 5.97. The number of hydrogen-bond acceptors (Lipinski definition) is 4. The zero-order valence-electron chi connectivity index (χ0n) is 12.5. The summed E-state index contributed by atoms with van der Waals surface area (Å²) in [5.74, 6) is 0. The molecule has 8 heteroatoms. The Kier molecular flexibility index (Phi) is 4.38. The Balaban J connectivity index is 2.05. The molecule has 1 heterocycles. The molecular weight excluding hydrogens is 352 g/mol. The van der Waals surface area contributed by atoms with Crippen molar-refractivity contribution in [3.05, 3.63) is 53.1 Å². The number of para-hydroxylation sites is 1. The van der Waals surface area contributed by atoms with Crippen LogP contribution in [0.5, 0.6) is 0 Å². The largest absolute Gasteiger partial charge is 0.530 e. The second kappa shape index (κ2) is 6.33. The first kappa shape index (κ1) is 16.6. The summed E-state index contributed by atoms with van der Waals surface area (Å²) >= 11 is 5.90. The van der Waals surface area contributed by atoms with Crippen molar-refractivity contribution in [3.8, 4) is 0 Å². The maximum Gasteiger partial charge on any atom is 0.264 e. The summed E-state index contributed by atoms with van der Waals surface area (Å²) in [6.45, 7) is 0.366. The number of carbonyl (C=O) groups is 1. The quantitative estimate of drug-likeness (QED) is 0.903. The van der Waals surface area contributed by atoms with Crippen LogP contribution in [0.15, 0.2) is 47.4 Å². The van der Waals surface area contributed by atoms with Gasteiger partial charge >= 0.3 is 0 Å². The molecule has 24 heavy (non-hydrogen) atoms. The number of halogens is 1. The minimum atomic E-state index is -3.83. The maximum atomic E-state index is 13.0. The van der Waals surface area contributed by atoms with Gasteiger partial charge in [0.25, 0.3) is 10.0 Å². The SMILES string of the molecule is O=C([O-])Nc1cc(S(=O)(=O)N2CCCc3ccccc32)ccc1Cl. The number of fused-ring (bicyclic) bond motifs is 1. The van der Waals surface area contributed by atoms with Crippen LogP contribution in [0.2, 0.25) is 5.02 Å². The highest BCUT2D eigenvalue weighted by Crippen LogP contribution is 2.33. The van der Waals surface area contributed by atoms with Gasteiger partial charge in [-0.1, -0.05) is 29.8 Å². The second-order valence-electron chi connectivity index (χ2n) is 5.36. The molecule has 0 radical (unpaired) electrons. The van der Waals surface area contributed by atoms with Gasteiger partial charge in [0.15, 0.2) is 0 Å². The highest BCUT2D eigenvalue weighted by molar-refractivity contribution is 7.92. The predicted octanol–water partition coefficient (Wildman–Crippen LogP) is 2.24. The van der Waals surface area contributed by atoms with Gasteiger partial charge in [-0.25, -0.2) is 8.42 Å². The van der Waals surface area contributed by atoms with Gasteiger partial charge in [-0.15, -0.1) is 0 Å². The molecule has 6 nitrogen and oxygen atoms in total. The molecule has 126 valence electrons. The van der Waals surface area contributed by atoms with Crippen LogP contribution in [0.3, 0.4) is 0 Å². The van der Waals surface area contributed by atoms with E-state index in [4.69, 9.17) is 11.6 Å². The predicted molar refractivity (Wildman–Crippen MR) is 89.8 cm³/mol. The lowest BCUT2D eigenvalue weighted by molar-refractivity contribution is -0.242. The summed E-state index contributed by atoms with van der Waals surface area (Å²) in [6.07, 6.45) is -0.0244. The summed E-state index contributed by atoms with van der Waals surface area (Å²) in [5, 5.41) is 12.8. The molecule has 0 saturated carbocycles. The van der Waals surface area contributed by atoms with Gasteiger partial charge in [0.2, 0.25) is 0 Å². The van der Waals surface area contributed by atoms with E-state index in [1.165, 1.54) is 22.5 Å². The fraction of sp³-hybridized carbons (Fsp3) is 0.188. The number of benzene rings is 2. The summed E-state index contributed by atoms with van der Waals surface area (Å²) < 4.78 is 27.3. The number of nitrogens with one attached hydrogen (secondary N) is 1. The Labute approximate surface area is 144 Å². The molecule has 0 aliphatic carbocycles. The Morgan fingerprint density at radius 3 is 2.71 bits per heavy atom. The molecule has 1 aliphatic rings. The first-order chi connectivity index (χ1) is 11.4. The van der Waals surface area contributed by atoms with Crippen molar-refractivity contribution in [1.29, 1.82) is 0 Å². The fourth-order valence-electron chi connectivity index (χ4n) is 2.75. The first-order valence-electron chi connectivity index (χ1n) is 7.28. The summed E-state index contributed by atoms with van der Waals surface area (Å²) in [5.41, 5.74) is 1.59. The minimum absolute atomic E-state index is 0.0250. The summed E-state index contributed by atoms with van der Waals surface area (Å²) in [4.78, 5) is 10.7. The Morgan fingerprint density at radius 1 is 1.21 bits per heavy atom. The zero-order chi connectivity index (χ0) is 17.3. The molecule has 0 atom stereocenters. The normalized spacial score (nSPS) is 14.1. The smallest absolute Gasteiger partial charge is 0.264 e. The van der Waals surface area contributed by atoms with Crippen molar-refractivity contribution >= 4 is 39.1 Å². The number of amides is 1. The lowest BCUT2D eigenvalue weighted by Crippen LogP contribution is -2.35. The van der Waals surface area contributed by atoms with Gasteiger partial charge < -0.3 is 15.2 Å². The van der Waals surface area contributed by atoms with Gasteiger partial charge in [-0.2, -0.15) is 0 Å². The van der Waals surface area contributed by atoms with Gasteiger partial charge in [-0.3, -0.25) is 4.31 Å². The topological polar surface area (TPSA) is 89.5 Å². The Morgan fingerprint density at radius 2 is 1.96 bits per heavy atom. The van der Waals surface area contributed by atoms with Crippen LogP contribution < -0.4 is 14.7 Å². The van der Waals surface area contributed by atoms with Crippen molar-refractivity contribution in [3.63, 3.8) is 0 Å². The number of carboxylic acid groups (broad SMARTS) is 1. The molecule has 0 fully saturated rings. The van der Waals surface area contributed by atoms with Crippen LogP contribution in [0.25, 0.3) is 0 Å². The molecule has 0 bridgehead atoms. The minimum Gasteiger partial charge on any atom is -0.530 e. The van der Waals surface area contributed by atoms with Crippen LogP contribution >= 0.6 is 11.6 Å². The molecule has 1 aliphatic heterocycles. The standard InChI is InChI=1S/C16H15ClN2O4S/c17-13-8-7-12(10-14(13)18-16(20)21)24(22,23)19-9-3-5-11-4-1-2-6-15(11)19/h1-2,4,6-8,10,18H,3,5,9H2,(H,20,21)/p-1. The van der Waals surface area contributed by atoms with Crippen molar-refractivity contribution in [1.82, 2.24) is 0 Å². The average molecular weight is 366 g/mol. The van der Waals surface area contributed by atoms with E-state index in [-0.39, 0.29) is 15.6 Å². The molecular formula is C16H14ClN2O4S-. The zero-order valence-corrected chi connectivity index (χ0v) is 14.1. The van der Waals surface area contributed by atoms with E-state index in [1.807, 2.05) is 17.4 Å². The second-order valence-corrected chi connectivity index (χ2v) is 7.63. The van der Waals surface area contributed by atoms with Gasteiger partial charge in [0.05, 0.1) is 21.3 Å². The maximum absolute atomic E-state index is 13.0. The van der Waals surface area contributed by atoms with E-state index < -0.39 is 16.1 Å². The molecule has 0 aromatic heterocycles. The van der Waals surface area contributed by atoms with Crippen LogP contribution in [0.1, 0.15) is 12.0 Å². The van der Waals surface area contributed by atoms with Gasteiger partial charge in [0, 0.05) is 6.54 Å². The molecule has 1 N–H and O–H groups in total. The van der Waals surface area contributed by atoms with E-state index in [0.29, 0.717) is 18.7 Å². The van der Waals surface area contributed by atoms with Crippen LogP contribution in [0, 0.1) is 0 Å². The van der Waals surface area contributed by atoms with Crippen molar-refractivity contribution in [2.24, 2.45) is 0 Å². The number of sulfonamides is 1. The summed E-state index contributed by atoms with van der Waals surface area (Å²) in [7, 11) is -3.83. The Hall–Kier alpha value is -2.25. The number of aryl methyl sites for hydroxylation is 1. The fourth-order valence-corrected chi connectivity index (χ4v) is 4.48. The number of rotatable bonds is 3. The van der Waals surface area contributed by atoms with Crippen molar-refractivity contribution < 1.29 is 18.3 Å². The highest BCUT2D eigenvalue weighted by Gasteiger charge is 2.29. The summed E-state index contributed by atoms with van der Waals surface area (Å²) in [6, 6.07) is 11.2. The Bertz CT molecular complexity index is 899. The van der Waals surface area contributed by atoms with Gasteiger partial charge in [-0.05, 0) is 42.7 Å². The van der Waals surface area contributed by atoms with Crippen LogP contribution in [-0.2, 0) is 16.4 Å². The molecule has 0 saturated heterocycles. The van der Waals surface area contributed by atoms with Crippen LogP contribution in [-0.4, -0.2) is 21.1 Å². The molecule has 1 amide bonds. The molecule has 2 aromatic rings. The number of nitrogens with zero attached hydrogens (tertiary/aromatic N) is 1. The van der Waals surface area contributed by atoms with Crippen LogP contribution in [0.4, 0.5) is 16.2 Å². The third kappa shape index (κ3) is 3.05. The lowest BCUT2D eigenvalue weighted by Gasteiger charge is -2.30. The molecule has 2 aromatic carbocycles. The number of hydrogen-bond donors (Lipinski definition) is 1. The number of carbonyl (C=O) groups excluding carboxylic acids is 1. The van der Waals surface area contributed by atoms with E-state index in [9.17, 15) is 18.3 Å². The number of anilines is 2. The third-order valence-electron chi connectivity index (χ3n) is 3.83. The van der Waals surface area contributed by atoms with E-state index >= 15 is 0 Å². The molecule has 0 unspecified atom stereocenters. The highest BCUT2D eigenvalue weighted by atomic mass is 35.5. The lowest BCUT2D eigenvalue weighted by atomic mass is 10.0. The van der Waals surface area contributed by atoms with E-state index in [2.05, 4.69) is 0 Å². The monoisotopic (exact) mass is 365 g/mol. The van der Waals surface area contributed by atoms with E-state index in [1.54, 1.807) is 12.1 Å². The van der Waals surface area contributed by atoms with Crippen molar-refractivity contribution in [2.75, 3.05) is 16.2 Å². The van der Waals surface area contributed by atoms with E-state index in [0.717, 1.165) is 12.0 Å². The average Bonchev–Trinajstić information content (AvgIpc) is 2.55. The molecule has 0 spiro atoms. The first-order valence-corrected chi connectivity index (χ1v) is 9.09. The van der Waals surface area contributed by atoms with Crippen molar-refractivity contribution in [2.45, 2.75) is 17.7 Å². The van der Waals surface area contributed by atoms with Gasteiger partial charge in [0.1, 0.15) is 6.09 Å². The molecule has 3 rings (SSSR count).